The average molecular weight is 388 g/mol. The molecule has 0 unspecified atom stereocenters. The van der Waals surface area contributed by atoms with E-state index in [4.69, 9.17) is 4.98 Å². The van der Waals surface area contributed by atoms with Crippen LogP contribution in [0.25, 0.3) is 10.2 Å². The molecule has 8 heteroatoms. The highest BCUT2D eigenvalue weighted by Crippen LogP contribution is 2.32. The Labute approximate surface area is 160 Å². The number of amides is 1. The van der Waals surface area contributed by atoms with Gasteiger partial charge in [-0.05, 0) is 25.0 Å². The topological polar surface area (TPSA) is 71.0 Å². The Hall–Kier alpha value is -2.06. The van der Waals surface area contributed by atoms with Crippen molar-refractivity contribution >= 4 is 49.1 Å². The van der Waals surface area contributed by atoms with Gasteiger partial charge in [0.1, 0.15) is 5.01 Å². The molecular weight excluding hydrogens is 366 g/mol. The number of nitrogens with zero attached hydrogens (tertiary/aromatic N) is 4. The fraction of sp³-hybridized carbons (Fsp3) is 0.444. The maximum Gasteiger partial charge on any atom is 0.231 e. The summed E-state index contributed by atoms with van der Waals surface area (Å²) >= 11 is 3.15. The molecule has 1 atom stereocenters. The van der Waals surface area contributed by atoms with E-state index in [1.165, 1.54) is 16.0 Å². The quantitative estimate of drug-likeness (QED) is 0.729. The highest BCUT2D eigenvalue weighted by Gasteiger charge is 2.28. The van der Waals surface area contributed by atoms with Gasteiger partial charge in [0.25, 0.3) is 0 Å². The lowest BCUT2D eigenvalue weighted by Crippen LogP contribution is -2.40. The lowest BCUT2D eigenvalue weighted by molar-refractivity contribution is -0.120. The van der Waals surface area contributed by atoms with E-state index in [1.807, 2.05) is 18.2 Å². The van der Waals surface area contributed by atoms with Crippen molar-refractivity contribution in [2.75, 3.05) is 23.3 Å². The van der Waals surface area contributed by atoms with E-state index < -0.39 is 0 Å². The minimum Gasteiger partial charge on any atom is -0.347 e. The number of fused-ring (bicyclic) bond motifs is 1. The van der Waals surface area contributed by atoms with Crippen molar-refractivity contribution in [3.63, 3.8) is 0 Å². The number of piperidine rings is 1. The molecule has 1 aliphatic rings. The highest BCUT2D eigenvalue weighted by molar-refractivity contribution is 7.22. The first-order valence-corrected chi connectivity index (χ1v) is 10.5. The first kappa shape index (κ1) is 17.4. The van der Waals surface area contributed by atoms with Gasteiger partial charge in [-0.3, -0.25) is 4.79 Å². The van der Waals surface area contributed by atoms with Gasteiger partial charge in [-0.15, -0.1) is 10.2 Å². The first-order valence-electron chi connectivity index (χ1n) is 8.85. The summed E-state index contributed by atoms with van der Waals surface area (Å²) < 4.78 is 1.18. The van der Waals surface area contributed by atoms with Gasteiger partial charge in [0.15, 0.2) is 5.13 Å². The molecule has 0 bridgehead atoms. The van der Waals surface area contributed by atoms with Crippen LogP contribution >= 0.6 is 22.7 Å². The predicted octanol–water partition coefficient (Wildman–Crippen LogP) is 4.13. The van der Waals surface area contributed by atoms with Gasteiger partial charge in [-0.1, -0.05) is 48.7 Å². The number of hydrogen-bond acceptors (Lipinski definition) is 7. The molecule has 0 aliphatic carbocycles. The SMILES string of the molecule is CC(C)c1nnc(NC(=O)[C@@H]2CCCN(c3nc4ccccc4s3)C2)s1. The van der Waals surface area contributed by atoms with Crippen molar-refractivity contribution in [3.05, 3.63) is 29.3 Å². The van der Waals surface area contributed by atoms with Gasteiger partial charge in [0.05, 0.1) is 16.1 Å². The molecule has 26 heavy (non-hydrogen) atoms. The number of aromatic nitrogens is 3. The summed E-state index contributed by atoms with van der Waals surface area (Å²) in [5.41, 5.74) is 1.02. The maximum atomic E-state index is 12.7. The summed E-state index contributed by atoms with van der Waals surface area (Å²) in [7, 11) is 0. The van der Waals surface area contributed by atoms with Gasteiger partial charge in [-0.2, -0.15) is 0 Å². The number of thiazole rings is 1. The molecule has 0 saturated carbocycles. The second kappa shape index (κ2) is 7.28. The van der Waals surface area contributed by atoms with Crippen LogP contribution in [0.5, 0.6) is 0 Å². The molecular formula is C18H21N5OS2. The fourth-order valence-electron chi connectivity index (χ4n) is 3.09. The van der Waals surface area contributed by atoms with Crippen molar-refractivity contribution in [2.24, 2.45) is 5.92 Å². The molecule has 1 aliphatic heterocycles. The molecule has 1 aromatic carbocycles. The number of carbonyl (C=O) groups is 1. The van der Waals surface area contributed by atoms with E-state index in [0.717, 1.165) is 35.0 Å². The molecule has 3 heterocycles. The van der Waals surface area contributed by atoms with Crippen LogP contribution in [0, 0.1) is 5.92 Å². The largest absolute Gasteiger partial charge is 0.347 e. The summed E-state index contributed by atoms with van der Waals surface area (Å²) in [4.78, 5) is 19.6. The zero-order valence-corrected chi connectivity index (χ0v) is 16.4. The van der Waals surface area contributed by atoms with Crippen molar-refractivity contribution in [1.29, 1.82) is 0 Å². The molecule has 1 N–H and O–H groups in total. The first-order chi connectivity index (χ1) is 12.6. The number of hydrogen-bond donors (Lipinski definition) is 1. The van der Waals surface area contributed by atoms with Gasteiger partial charge < -0.3 is 10.2 Å². The number of carbonyl (C=O) groups excluding carboxylic acids is 1. The molecule has 3 aromatic rings. The summed E-state index contributed by atoms with van der Waals surface area (Å²) in [5.74, 6) is 0.298. The summed E-state index contributed by atoms with van der Waals surface area (Å²) in [5, 5.41) is 13.7. The van der Waals surface area contributed by atoms with Crippen LogP contribution in [0.3, 0.4) is 0 Å². The Morgan fingerprint density at radius 3 is 2.88 bits per heavy atom. The van der Waals surface area contributed by atoms with Gasteiger partial charge in [0.2, 0.25) is 11.0 Å². The molecule has 1 amide bonds. The van der Waals surface area contributed by atoms with Crippen LogP contribution in [0.4, 0.5) is 10.3 Å². The number of benzene rings is 1. The Bertz CT molecular complexity index is 886. The minimum absolute atomic E-state index is 0.0299. The van der Waals surface area contributed by atoms with E-state index in [9.17, 15) is 4.79 Å². The van der Waals surface area contributed by atoms with Gasteiger partial charge in [0, 0.05) is 19.0 Å². The third-order valence-corrected chi connectivity index (χ3v) is 6.75. The van der Waals surface area contributed by atoms with Crippen molar-refractivity contribution in [3.8, 4) is 0 Å². The van der Waals surface area contributed by atoms with Crippen LogP contribution in [-0.2, 0) is 4.79 Å². The summed E-state index contributed by atoms with van der Waals surface area (Å²) in [6, 6.07) is 8.16. The number of nitrogens with one attached hydrogen (secondary N) is 1. The van der Waals surface area contributed by atoms with E-state index in [0.29, 0.717) is 17.6 Å². The van der Waals surface area contributed by atoms with E-state index in [2.05, 4.69) is 40.3 Å². The lowest BCUT2D eigenvalue weighted by Gasteiger charge is -2.31. The predicted molar refractivity (Wildman–Crippen MR) is 107 cm³/mol. The second-order valence-corrected chi connectivity index (χ2v) is 8.86. The lowest BCUT2D eigenvalue weighted by atomic mass is 9.98. The van der Waals surface area contributed by atoms with Crippen LogP contribution in [0.2, 0.25) is 0 Å². The zero-order valence-electron chi connectivity index (χ0n) is 14.8. The fourth-order valence-corrected chi connectivity index (χ4v) is 4.84. The number of anilines is 2. The zero-order chi connectivity index (χ0) is 18.1. The maximum absolute atomic E-state index is 12.7. The van der Waals surface area contributed by atoms with Gasteiger partial charge >= 0.3 is 0 Å². The van der Waals surface area contributed by atoms with Crippen LogP contribution < -0.4 is 10.2 Å². The van der Waals surface area contributed by atoms with Crippen molar-refractivity contribution in [2.45, 2.75) is 32.6 Å². The Morgan fingerprint density at radius 2 is 2.12 bits per heavy atom. The Balaban J connectivity index is 1.44. The van der Waals surface area contributed by atoms with Crippen LogP contribution in [-0.4, -0.2) is 34.2 Å². The van der Waals surface area contributed by atoms with E-state index in [-0.39, 0.29) is 11.8 Å². The van der Waals surface area contributed by atoms with E-state index in [1.54, 1.807) is 11.3 Å². The smallest absolute Gasteiger partial charge is 0.231 e. The number of rotatable bonds is 4. The molecule has 136 valence electrons. The van der Waals surface area contributed by atoms with Crippen LogP contribution in [0.15, 0.2) is 24.3 Å². The molecule has 2 aromatic heterocycles. The summed E-state index contributed by atoms with van der Waals surface area (Å²) in [6.45, 7) is 5.79. The molecule has 1 saturated heterocycles. The number of para-hydroxylation sites is 1. The Kier molecular flexibility index (Phi) is 4.86. The molecule has 1 fully saturated rings. The standard InChI is InChI=1S/C18H21N5OS2/c1-11(2)16-21-22-17(26-16)20-15(24)12-6-5-9-23(10-12)18-19-13-7-3-4-8-14(13)25-18/h3-4,7-8,11-12H,5-6,9-10H2,1-2H3,(H,20,22,24)/t12-/m1/s1. The molecule has 0 radical (unpaired) electrons. The van der Waals surface area contributed by atoms with Crippen LogP contribution in [0.1, 0.15) is 37.6 Å². The monoisotopic (exact) mass is 387 g/mol. The normalized spacial score (nSPS) is 17.8. The van der Waals surface area contributed by atoms with Crippen molar-refractivity contribution < 1.29 is 4.79 Å². The van der Waals surface area contributed by atoms with E-state index >= 15 is 0 Å². The second-order valence-electron chi connectivity index (χ2n) is 6.84. The van der Waals surface area contributed by atoms with Crippen molar-refractivity contribution in [1.82, 2.24) is 15.2 Å². The Morgan fingerprint density at radius 1 is 1.27 bits per heavy atom. The summed E-state index contributed by atoms with van der Waals surface area (Å²) in [6.07, 6.45) is 1.88. The third-order valence-electron chi connectivity index (χ3n) is 4.51. The van der Waals surface area contributed by atoms with Gasteiger partial charge in [-0.25, -0.2) is 4.98 Å². The third kappa shape index (κ3) is 3.57. The highest BCUT2D eigenvalue weighted by atomic mass is 32.1. The minimum atomic E-state index is -0.0536. The average Bonchev–Trinajstić information content (AvgIpc) is 3.28. The molecule has 4 rings (SSSR count). The molecule has 0 spiro atoms. The molecule has 6 nitrogen and oxygen atoms in total.